The predicted molar refractivity (Wildman–Crippen MR) is 230 cm³/mol. The second kappa shape index (κ2) is 31.3. The third kappa shape index (κ3) is 29.3. The first-order valence-electron chi connectivity index (χ1n) is 19.2. The van der Waals surface area contributed by atoms with Gasteiger partial charge in [-0.2, -0.15) is 0 Å². The first kappa shape index (κ1) is 51.9. The van der Waals surface area contributed by atoms with Gasteiger partial charge in [-0.15, -0.1) is 6.58 Å². The third-order valence-electron chi connectivity index (χ3n) is 7.10. The highest BCUT2D eigenvalue weighted by Crippen LogP contribution is 2.35. The van der Waals surface area contributed by atoms with Crippen LogP contribution in [0.1, 0.15) is 140 Å². The Balaban J connectivity index is -0.000000707. The average Bonchev–Trinajstić information content (AvgIpc) is 3.05. The zero-order chi connectivity index (χ0) is 39.2. The molecule has 5 unspecified atom stereocenters. The molecule has 0 amide bonds. The molecule has 2 aromatic carbocycles. The maximum atomic E-state index is 15.2. The van der Waals surface area contributed by atoms with E-state index in [0.717, 1.165) is 31.6 Å². The number of hydrogen-bond acceptors (Lipinski definition) is 3. The van der Waals surface area contributed by atoms with Gasteiger partial charge in [0.1, 0.15) is 0 Å². The Bertz CT molecular complexity index is 1060. The lowest BCUT2D eigenvalue weighted by atomic mass is 9.93. The summed E-state index contributed by atoms with van der Waals surface area (Å²) in [4.78, 5) is 0. The molecule has 288 valence electrons. The molecule has 0 aliphatic rings. The molecule has 5 heteroatoms. The van der Waals surface area contributed by atoms with Gasteiger partial charge in [-0.3, -0.25) is 5.09 Å². The molecule has 50 heavy (non-hydrogen) atoms. The van der Waals surface area contributed by atoms with Crippen LogP contribution in [-0.2, 0) is 12.1 Å². The van der Waals surface area contributed by atoms with E-state index in [-0.39, 0.29) is 14.1 Å². The number of benzene rings is 2. The van der Waals surface area contributed by atoms with E-state index < -0.39 is 5.67 Å². The van der Waals surface area contributed by atoms with Crippen LogP contribution >= 0.6 is 8.07 Å². The summed E-state index contributed by atoms with van der Waals surface area (Å²) in [6.07, 6.45) is 11.4. The molecule has 3 N–H and O–H groups in total. The summed E-state index contributed by atoms with van der Waals surface area (Å²) >= 11 is 0. The molecule has 0 bridgehead atoms. The largest absolute Gasteiger partial charge is 0.384 e. The fourth-order valence-electron chi connectivity index (χ4n) is 4.78. The molecule has 2 aromatic rings. The van der Waals surface area contributed by atoms with Crippen molar-refractivity contribution >= 4 is 8.07 Å². The molecule has 0 spiro atoms. The molecule has 0 aromatic heterocycles. The molecule has 0 saturated carbocycles. The van der Waals surface area contributed by atoms with E-state index in [1.165, 1.54) is 24.8 Å². The van der Waals surface area contributed by atoms with E-state index in [2.05, 4.69) is 123 Å². The Morgan fingerprint density at radius 1 is 0.840 bits per heavy atom. The Kier molecular flexibility index (Phi) is 32.5. The van der Waals surface area contributed by atoms with E-state index >= 15 is 4.39 Å². The third-order valence-corrected chi connectivity index (χ3v) is 9.29. The lowest BCUT2D eigenvalue weighted by molar-refractivity contribution is 0.224. The van der Waals surface area contributed by atoms with Gasteiger partial charge in [0.2, 0.25) is 0 Å². The summed E-state index contributed by atoms with van der Waals surface area (Å²) in [7, 11) is -0.158. The summed E-state index contributed by atoms with van der Waals surface area (Å²) in [6, 6.07) is 20.3. The molecule has 0 saturated heterocycles. The first-order valence-corrected chi connectivity index (χ1v) is 21.0. The Morgan fingerprint density at radius 2 is 1.30 bits per heavy atom. The van der Waals surface area contributed by atoms with Crippen LogP contribution in [0.25, 0.3) is 0 Å². The van der Waals surface area contributed by atoms with Crippen molar-refractivity contribution in [1.29, 1.82) is 0 Å². The van der Waals surface area contributed by atoms with Crippen molar-refractivity contribution in [3.05, 3.63) is 110 Å². The van der Waals surface area contributed by atoms with Crippen molar-refractivity contribution in [2.75, 3.05) is 6.66 Å². The predicted octanol–water partition coefficient (Wildman–Crippen LogP) is 13.9. The van der Waals surface area contributed by atoms with E-state index in [9.17, 15) is 0 Å². The highest BCUT2D eigenvalue weighted by atomic mass is 31.1. The molecular formula is C45H81FN3P. The summed E-state index contributed by atoms with van der Waals surface area (Å²) in [6.45, 7) is 41.2. The topological polar surface area (TPSA) is 36.1 Å². The molecule has 0 heterocycles. The molecule has 2 rings (SSSR count). The average molecular weight is 714 g/mol. The highest BCUT2D eigenvalue weighted by Gasteiger charge is 2.30. The highest BCUT2D eigenvalue weighted by molar-refractivity contribution is 7.55. The molecule has 0 radical (unpaired) electrons. The van der Waals surface area contributed by atoms with Crippen molar-refractivity contribution in [3.8, 4) is 0 Å². The van der Waals surface area contributed by atoms with E-state index in [0.29, 0.717) is 28.5 Å². The van der Waals surface area contributed by atoms with Gasteiger partial charge in [-0.1, -0.05) is 169 Å². The van der Waals surface area contributed by atoms with Crippen LogP contribution in [0.3, 0.4) is 0 Å². The number of nitrogens with one attached hydrogen (secondary N) is 3. The van der Waals surface area contributed by atoms with Gasteiger partial charge in [0.25, 0.3) is 0 Å². The number of halogens is 1. The Hall–Kier alpha value is -2.42. The van der Waals surface area contributed by atoms with Gasteiger partial charge in [0.05, 0.1) is 5.78 Å². The van der Waals surface area contributed by atoms with E-state index in [1.54, 1.807) is 19.1 Å². The van der Waals surface area contributed by atoms with Gasteiger partial charge < -0.3 is 10.6 Å². The van der Waals surface area contributed by atoms with Gasteiger partial charge in [-0.25, -0.2) is 4.39 Å². The van der Waals surface area contributed by atoms with E-state index in [4.69, 9.17) is 0 Å². The summed E-state index contributed by atoms with van der Waals surface area (Å²) in [5, 5.41) is 10.4. The van der Waals surface area contributed by atoms with Gasteiger partial charge in [0, 0.05) is 17.8 Å². The van der Waals surface area contributed by atoms with Crippen molar-refractivity contribution in [3.63, 3.8) is 0 Å². The second-order valence-electron chi connectivity index (χ2n) is 14.8. The fraction of sp³-hybridized carbons (Fsp3) is 0.600. The normalized spacial score (nSPS) is 14.0. The van der Waals surface area contributed by atoms with Crippen molar-refractivity contribution < 1.29 is 4.39 Å². The minimum absolute atomic E-state index is 0.158. The van der Waals surface area contributed by atoms with Crippen LogP contribution in [0, 0.1) is 11.3 Å². The van der Waals surface area contributed by atoms with Crippen LogP contribution < -0.4 is 15.7 Å². The van der Waals surface area contributed by atoms with Gasteiger partial charge >= 0.3 is 0 Å². The maximum absolute atomic E-state index is 15.2. The number of alkyl halides is 1. The second-order valence-corrected chi connectivity index (χ2v) is 16.9. The summed E-state index contributed by atoms with van der Waals surface area (Å²) < 4.78 is 15.2. The smallest absolute Gasteiger partial charge is 0.171 e. The van der Waals surface area contributed by atoms with Gasteiger partial charge in [0.15, 0.2) is 5.67 Å². The monoisotopic (exact) mass is 714 g/mol. The zero-order valence-electron chi connectivity index (χ0n) is 35.1. The SMILES string of the molecule is C=C(NC(CCC)Cc1ccccc1)C(C)(F)c1ccccc1.C=CCC.C=CNC(CCC)P(C)NC(C)CC(C)C.CC.CC(C)(C)C. The van der Waals surface area contributed by atoms with Crippen LogP contribution in [0.15, 0.2) is 98.4 Å². The molecule has 0 aliphatic heterocycles. The quantitative estimate of drug-likeness (QED) is 0.106. The van der Waals surface area contributed by atoms with Gasteiger partial charge in [-0.05, 0) is 89.3 Å². The Labute approximate surface area is 313 Å². The zero-order valence-corrected chi connectivity index (χ0v) is 36.0. The minimum Gasteiger partial charge on any atom is -0.384 e. The van der Waals surface area contributed by atoms with E-state index in [1.807, 2.05) is 62.5 Å². The van der Waals surface area contributed by atoms with Crippen molar-refractivity contribution in [2.24, 2.45) is 11.3 Å². The standard InChI is InChI=1S/C21H26FN.C13H29N2P.C5H12.C4H8.C2H6/c1-4-11-20(16-18-12-7-5-8-13-18)23-17(2)21(3,22)19-14-9-6-10-15-19;1-7-9-13(14-8-2)16(6)15-12(5)10-11(3)4;1-5(2,3)4;1-3-4-2;1-2/h5-10,12-15,20,23H,2,4,11,16H2,1,3H3;8,11-15H,2,7,9-10H2,1,3-6H3;1-4H3;3H,1,4H2,2H3;1-2H3. The maximum Gasteiger partial charge on any atom is 0.171 e. The molecular weight excluding hydrogens is 632 g/mol. The lowest BCUT2D eigenvalue weighted by Crippen LogP contribution is -2.37. The number of rotatable bonds is 18. The molecule has 3 nitrogen and oxygen atoms in total. The summed E-state index contributed by atoms with van der Waals surface area (Å²) in [5.41, 5.74) is 1.24. The van der Waals surface area contributed by atoms with Crippen LogP contribution in [0.5, 0.6) is 0 Å². The van der Waals surface area contributed by atoms with Crippen molar-refractivity contribution in [1.82, 2.24) is 15.7 Å². The Morgan fingerprint density at radius 3 is 1.70 bits per heavy atom. The van der Waals surface area contributed by atoms with Crippen molar-refractivity contribution in [2.45, 2.75) is 158 Å². The molecule has 5 atom stereocenters. The van der Waals surface area contributed by atoms with Crippen LogP contribution in [0.4, 0.5) is 4.39 Å². The molecule has 0 fully saturated rings. The van der Waals surface area contributed by atoms with Crippen LogP contribution in [-0.4, -0.2) is 24.5 Å². The van der Waals surface area contributed by atoms with Crippen LogP contribution in [0.2, 0.25) is 0 Å². The summed E-state index contributed by atoms with van der Waals surface area (Å²) in [5.74, 6) is 1.33. The molecule has 0 aliphatic carbocycles. The fourth-order valence-corrected chi connectivity index (χ4v) is 6.73. The first-order chi connectivity index (χ1) is 23.5. The number of hydrogen-bond donors (Lipinski definition) is 3. The minimum atomic E-state index is -1.58. The number of allylic oxidation sites excluding steroid dienone is 2. The lowest BCUT2D eigenvalue weighted by Gasteiger charge is -2.29.